The van der Waals surface area contributed by atoms with Gasteiger partial charge in [-0.2, -0.15) is 10.2 Å². The molecule has 1 aliphatic heterocycles. The number of carbonyl (C=O) groups excluding carboxylic acids is 1. The van der Waals surface area contributed by atoms with E-state index in [9.17, 15) is 9.18 Å². The summed E-state index contributed by atoms with van der Waals surface area (Å²) in [6.45, 7) is 3.49. The molecule has 0 radical (unpaired) electrons. The predicted octanol–water partition coefficient (Wildman–Crippen LogP) is 3.59. The molecule has 6 nitrogen and oxygen atoms in total. The SMILES string of the molecule is Cc1cc(SN2CCC3=Cc4c(cnn4-c4ccc(F)cc4)CC3(C=O)C2)n(C)n1. The average Bonchev–Trinajstić information content (AvgIpc) is 3.28. The number of halogens is 1. The Balaban J connectivity index is 1.44. The zero-order valence-electron chi connectivity index (χ0n) is 16.9. The largest absolute Gasteiger partial charge is 0.302 e. The molecule has 1 aromatic carbocycles. The van der Waals surface area contributed by atoms with E-state index in [1.54, 1.807) is 24.1 Å². The van der Waals surface area contributed by atoms with Gasteiger partial charge < -0.3 is 4.79 Å². The molecule has 3 aromatic rings. The Morgan fingerprint density at radius 1 is 1.27 bits per heavy atom. The van der Waals surface area contributed by atoms with Gasteiger partial charge in [-0.05, 0) is 73.7 Å². The van der Waals surface area contributed by atoms with Crippen LogP contribution >= 0.6 is 11.9 Å². The van der Waals surface area contributed by atoms with Gasteiger partial charge in [0.05, 0.1) is 28.7 Å². The second-order valence-corrected chi connectivity index (χ2v) is 9.13. The third-order valence-corrected chi connectivity index (χ3v) is 7.05. The Labute approximate surface area is 178 Å². The van der Waals surface area contributed by atoms with E-state index < -0.39 is 5.41 Å². The van der Waals surface area contributed by atoms with Crippen molar-refractivity contribution in [3.8, 4) is 5.69 Å². The highest BCUT2D eigenvalue weighted by Gasteiger charge is 2.43. The molecular formula is C22H22FN5OS. The molecule has 1 atom stereocenters. The van der Waals surface area contributed by atoms with Crippen LogP contribution in [0.25, 0.3) is 11.8 Å². The molecule has 30 heavy (non-hydrogen) atoms. The molecule has 0 N–H and O–H groups in total. The molecule has 2 aromatic heterocycles. The minimum absolute atomic E-state index is 0.272. The molecule has 3 heterocycles. The average molecular weight is 424 g/mol. The van der Waals surface area contributed by atoms with Crippen molar-refractivity contribution in [2.24, 2.45) is 12.5 Å². The zero-order chi connectivity index (χ0) is 20.9. The molecule has 1 fully saturated rings. The van der Waals surface area contributed by atoms with Crippen molar-refractivity contribution < 1.29 is 9.18 Å². The maximum atomic E-state index is 13.3. The number of hydrogen-bond donors (Lipinski definition) is 0. The highest BCUT2D eigenvalue weighted by atomic mass is 32.2. The number of aromatic nitrogens is 4. The normalized spacial score (nSPS) is 21.1. The van der Waals surface area contributed by atoms with Gasteiger partial charge in [-0.25, -0.2) is 13.4 Å². The van der Waals surface area contributed by atoms with E-state index >= 15 is 0 Å². The molecule has 0 saturated carbocycles. The van der Waals surface area contributed by atoms with Gasteiger partial charge in [0.15, 0.2) is 0 Å². The van der Waals surface area contributed by atoms with Gasteiger partial charge in [0.2, 0.25) is 0 Å². The molecule has 154 valence electrons. The van der Waals surface area contributed by atoms with Crippen LogP contribution in [0.15, 0.2) is 47.1 Å². The van der Waals surface area contributed by atoms with Gasteiger partial charge in [0, 0.05) is 20.1 Å². The topological polar surface area (TPSA) is 56.0 Å². The number of hydrogen-bond acceptors (Lipinski definition) is 5. The lowest BCUT2D eigenvalue weighted by Gasteiger charge is -2.42. The maximum Gasteiger partial charge on any atom is 0.131 e. The number of piperidine rings is 1. The Hall–Kier alpha value is -2.71. The minimum Gasteiger partial charge on any atom is -0.302 e. The summed E-state index contributed by atoms with van der Waals surface area (Å²) in [5, 5.41) is 10.0. The quantitative estimate of drug-likeness (QED) is 0.474. The number of rotatable bonds is 4. The summed E-state index contributed by atoms with van der Waals surface area (Å²) < 4.78 is 19.3. The molecule has 0 bridgehead atoms. The zero-order valence-corrected chi connectivity index (χ0v) is 17.7. The van der Waals surface area contributed by atoms with Gasteiger partial charge in [0.25, 0.3) is 0 Å². The van der Waals surface area contributed by atoms with Crippen molar-refractivity contribution in [1.82, 2.24) is 23.9 Å². The van der Waals surface area contributed by atoms with E-state index in [0.717, 1.165) is 52.5 Å². The number of fused-ring (bicyclic) bond motifs is 2. The molecule has 8 heteroatoms. The van der Waals surface area contributed by atoms with E-state index in [1.165, 1.54) is 12.1 Å². The Morgan fingerprint density at radius 2 is 2.07 bits per heavy atom. The second-order valence-electron chi connectivity index (χ2n) is 8.02. The third-order valence-electron chi connectivity index (χ3n) is 5.91. The van der Waals surface area contributed by atoms with Crippen LogP contribution in [0.5, 0.6) is 0 Å². The number of aryl methyl sites for hydroxylation is 2. The lowest BCUT2D eigenvalue weighted by Crippen LogP contribution is -2.45. The van der Waals surface area contributed by atoms with Gasteiger partial charge in [-0.15, -0.1) is 0 Å². The molecule has 2 aliphatic rings. The van der Waals surface area contributed by atoms with Crippen molar-refractivity contribution in [2.75, 3.05) is 13.1 Å². The lowest BCUT2D eigenvalue weighted by molar-refractivity contribution is -0.115. The summed E-state index contributed by atoms with van der Waals surface area (Å²) >= 11 is 1.66. The standard InChI is InChI=1S/C22H22FN5OS/c1-15-9-21(26(2)25-15)30-27-8-7-17-10-20-16(11-22(17,13-27)14-29)12-24-28(20)19-5-3-18(23)4-6-19/h3-6,9-10,12,14H,7-8,11,13H2,1-2H3. The lowest BCUT2D eigenvalue weighted by atomic mass is 9.70. The molecule has 1 aliphatic carbocycles. The Kier molecular flexibility index (Phi) is 4.63. The fourth-order valence-electron chi connectivity index (χ4n) is 4.39. The summed E-state index contributed by atoms with van der Waals surface area (Å²) in [5.74, 6) is -0.272. The molecule has 0 amide bonds. The number of aldehydes is 1. The molecule has 1 saturated heterocycles. The van der Waals surface area contributed by atoms with Crippen LogP contribution in [0, 0.1) is 18.2 Å². The highest BCUT2D eigenvalue weighted by Crippen LogP contribution is 2.45. The van der Waals surface area contributed by atoms with Crippen molar-refractivity contribution in [3.05, 3.63) is 64.9 Å². The van der Waals surface area contributed by atoms with E-state index in [4.69, 9.17) is 0 Å². The minimum atomic E-state index is -0.539. The van der Waals surface area contributed by atoms with Crippen LogP contribution in [0.1, 0.15) is 23.4 Å². The predicted molar refractivity (Wildman–Crippen MR) is 114 cm³/mol. The fraction of sp³-hybridized carbons (Fsp3) is 0.318. The van der Waals surface area contributed by atoms with E-state index in [1.807, 2.05) is 29.5 Å². The van der Waals surface area contributed by atoms with Crippen molar-refractivity contribution in [1.29, 1.82) is 0 Å². The van der Waals surface area contributed by atoms with Crippen LogP contribution in [0.4, 0.5) is 4.39 Å². The first-order valence-electron chi connectivity index (χ1n) is 9.91. The smallest absolute Gasteiger partial charge is 0.131 e. The summed E-state index contributed by atoms with van der Waals surface area (Å²) in [4.78, 5) is 12.3. The third kappa shape index (κ3) is 3.20. The van der Waals surface area contributed by atoms with E-state index in [0.29, 0.717) is 13.0 Å². The van der Waals surface area contributed by atoms with Crippen molar-refractivity contribution in [2.45, 2.75) is 24.8 Å². The van der Waals surface area contributed by atoms with Crippen LogP contribution < -0.4 is 0 Å². The number of benzene rings is 1. The van der Waals surface area contributed by atoms with Crippen molar-refractivity contribution >= 4 is 24.3 Å². The summed E-state index contributed by atoms with van der Waals surface area (Å²) in [6.07, 6.45) is 6.49. The van der Waals surface area contributed by atoms with Crippen LogP contribution in [0.2, 0.25) is 0 Å². The molecular weight excluding hydrogens is 401 g/mol. The summed E-state index contributed by atoms with van der Waals surface area (Å²) in [6, 6.07) is 8.38. The molecule has 0 spiro atoms. The first-order chi connectivity index (χ1) is 14.5. The van der Waals surface area contributed by atoms with Crippen LogP contribution in [-0.4, -0.2) is 43.2 Å². The van der Waals surface area contributed by atoms with Crippen LogP contribution in [-0.2, 0) is 18.3 Å². The number of nitrogens with zero attached hydrogens (tertiary/aromatic N) is 5. The fourth-order valence-corrected chi connectivity index (χ4v) is 5.51. The van der Waals surface area contributed by atoms with Gasteiger partial charge in [0.1, 0.15) is 17.1 Å². The highest BCUT2D eigenvalue weighted by molar-refractivity contribution is 7.97. The van der Waals surface area contributed by atoms with Gasteiger partial charge in [-0.3, -0.25) is 4.68 Å². The molecule has 5 rings (SSSR count). The first kappa shape index (κ1) is 19.3. The second kappa shape index (κ2) is 7.21. The van der Waals surface area contributed by atoms with Crippen LogP contribution in [0.3, 0.4) is 0 Å². The van der Waals surface area contributed by atoms with E-state index in [-0.39, 0.29) is 5.82 Å². The number of carbonyl (C=O) groups is 1. The first-order valence-corrected chi connectivity index (χ1v) is 10.7. The maximum absolute atomic E-state index is 13.3. The monoisotopic (exact) mass is 423 g/mol. The summed E-state index contributed by atoms with van der Waals surface area (Å²) in [7, 11) is 1.94. The Bertz CT molecular complexity index is 1150. The van der Waals surface area contributed by atoms with Gasteiger partial charge in [-0.1, -0.05) is 5.57 Å². The van der Waals surface area contributed by atoms with E-state index in [2.05, 4.69) is 26.6 Å². The Morgan fingerprint density at radius 3 is 2.77 bits per heavy atom. The van der Waals surface area contributed by atoms with Crippen molar-refractivity contribution in [3.63, 3.8) is 0 Å². The van der Waals surface area contributed by atoms with Gasteiger partial charge >= 0.3 is 0 Å². The molecule has 1 unspecified atom stereocenters. The summed E-state index contributed by atoms with van der Waals surface area (Å²) in [5.41, 5.74) is 4.43.